The van der Waals surface area contributed by atoms with Gasteiger partial charge >= 0.3 is 0 Å². The molecule has 0 aliphatic carbocycles. The van der Waals surface area contributed by atoms with Crippen LogP contribution in [-0.2, 0) is 9.53 Å². The fourth-order valence-corrected chi connectivity index (χ4v) is 4.09. The van der Waals surface area contributed by atoms with Crippen LogP contribution in [0.1, 0.15) is 43.0 Å². The summed E-state index contributed by atoms with van der Waals surface area (Å²) < 4.78 is 10.7. The molecule has 0 N–H and O–H groups in total. The maximum Gasteiger partial charge on any atom is 0.260 e. The zero-order valence-corrected chi connectivity index (χ0v) is 15.6. The van der Waals surface area contributed by atoms with Gasteiger partial charge in [-0.25, -0.2) is 4.98 Å². The first kappa shape index (κ1) is 18.6. The zero-order chi connectivity index (χ0) is 18.6. The molecule has 2 aliphatic rings. The molecular formula is C19H27N3O4. The standard InChI is InChI=1S/C19H27N3O4/c1-3-26-16-15(7-4-10-20-16)17(23)22-12-6-9-19(22)8-5-11-21(18(19)24)13-14-25-2/h4,7,10H,3,5-6,8-9,11-14H2,1-2H3. The molecule has 1 spiro atoms. The molecule has 2 amide bonds. The third kappa shape index (κ3) is 3.28. The minimum Gasteiger partial charge on any atom is -0.477 e. The summed E-state index contributed by atoms with van der Waals surface area (Å²) in [6.45, 7) is 4.68. The highest BCUT2D eigenvalue weighted by Gasteiger charge is 2.53. The summed E-state index contributed by atoms with van der Waals surface area (Å²) in [5.41, 5.74) is -0.306. The Morgan fingerprint density at radius 2 is 2.08 bits per heavy atom. The maximum atomic E-state index is 13.3. The number of pyridine rings is 1. The Kier molecular flexibility index (Phi) is 5.76. The lowest BCUT2D eigenvalue weighted by atomic mass is 9.85. The van der Waals surface area contributed by atoms with Crippen molar-refractivity contribution in [1.82, 2.24) is 14.8 Å². The number of hydrogen-bond acceptors (Lipinski definition) is 5. The van der Waals surface area contributed by atoms with Crippen LogP contribution in [-0.4, -0.2) is 72.1 Å². The number of nitrogens with zero attached hydrogens (tertiary/aromatic N) is 3. The van der Waals surface area contributed by atoms with Gasteiger partial charge in [0.2, 0.25) is 11.8 Å². The highest BCUT2D eigenvalue weighted by Crippen LogP contribution is 2.39. The van der Waals surface area contributed by atoms with Gasteiger partial charge in [0.1, 0.15) is 11.1 Å². The Bertz CT molecular complexity index is 666. The number of hydrogen-bond donors (Lipinski definition) is 0. The number of carbonyl (C=O) groups is 2. The molecule has 1 aromatic rings. The highest BCUT2D eigenvalue weighted by atomic mass is 16.5. The predicted octanol–water partition coefficient (Wildman–Crippen LogP) is 1.72. The summed E-state index contributed by atoms with van der Waals surface area (Å²) in [4.78, 5) is 34.3. The van der Waals surface area contributed by atoms with Crippen LogP contribution in [0.2, 0.25) is 0 Å². The third-order valence-electron chi connectivity index (χ3n) is 5.29. The molecule has 3 rings (SSSR count). The molecule has 1 aromatic heterocycles. The van der Waals surface area contributed by atoms with E-state index in [0.717, 1.165) is 19.4 Å². The topological polar surface area (TPSA) is 72.0 Å². The largest absolute Gasteiger partial charge is 0.477 e. The number of piperidine rings is 1. The van der Waals surface area contributed by atoms with Crippen molar-refractivity contribution < 1.29 is 19.1 Å². The number of methoxy groups -OCH3 is 1. The van der Waals surface area contributed by atoms with Gasteiger partial charge < -0.3 is 19.3 Å². The quantitative estimate of drug-likeness (QED) is 0.772. The number of amides is 2. The first-order chi connectivity index (χ1) is 12.6. The second-order valence-corrected chi connectivity index (χ2v) is 6.77. The highest BCUT2D eigenvalue weighted by molar-refractivity contribution is 6.01. The molecule has 0 bridgehead atoms. The smallest absolute Gasteiger partial charge is 0.260 e. The van der Waals surface area contributed by atoms with Crippen molar-refractivity contribution in [2.45, 2.75) is 38.1 Å². The van der Waals surface area contributed by atoms with Gasteiger partial charge in [0, 0.05) is 32.9 Å². The van der Waals surface area contributed by atoms with Gasteiger partial charge in [0.05, 0.1) is 13.2 Å². The van der Waals surface area contributed by atoms with E-state index in [4.69, 9.17) is 9.47 Å². The lowest BCUT2D eigenvalue weighted by Crippen LogP contribution is -2.61. The van der Waals surface area contributed by atoms with Gasteiger partial charge in [-0.1, -0.05) is 0 Å². The molecule has 0 radical (unpaired) electrons. The SMILES string of the molecule is CCOc1ncccc1C(=O)N1CCCC12CCCN(CCOC)C2=O. The maximum absolute atomic E-state index is 13.3. The van der Waals surface area contributed by atoms with Crippen molar-refractivity contribution in [2.24, 2.45) is 0 Å². The van der Waals surface area contributed by atoms with E-state index in [2.05, 4.69) is 4.98 Å². The first-order valence-corrected chi connectivity index (χ1v) is 9.32. The molecule has 0 saturated carbocycles. The van der Waals surface area contributed by atoms with Crippen LogP contribution >= 0.6 is 0 Å². The second kappa shape index (κ2) is 8.03. The number of ether oxygens (including phenoxy) is 2. The van der Waals surface area contributed by atoms with Crippen molar-refractivity contribution in [1.29, 1.82) is 0 Å². The average molecular weight is 361 g/mol. The Hall–Kier alpha value is -2.15. The minimum absolute atomic E-state index is 0.0495. The van der Waals surface area contributed by atoms with Crippen LogP contribution in [0.4, 0.5) is 0 Å². The van der Waals surface area contributed by atoms with E-state index in [1.807, 2.05) is 11.8 Å². The molecule has 3 heterocycles. The van der Waals surface area contributed by atoms with Gasteiger partial charge in [-0.2, -0.15) is 0 Å². The van der Waals surface area contributed by atoms with Crippen LogP contribution in [0.5, 0.6) is 5.88 Å². The Morgan fingerprint density at radius 1 is 1.31 bits per heavy atom. The van der Waals surface area contributed by atoms with E-state index >= 15 is 0 Å². The van der Waals surface area contributed by atoms with E-state index in [9.17, 15) is 9.59 Å². The number of carbonyl (C=O) groups excluding carboxylic acids is 2. The van der Waals surface area contributed by atoms with Crippen LogP contribution in [0.15, 0.2) is 18.3 Å². The molecule has 2 aliphatic heterocycles. The van der Waals surface area contributed by atoms with E-state index in [-0.39, 0.29) is 11.8 Å². The third-order valence-corrected chi connectivity index (χ3v) is 5.29. The summed E-state index contributed by atoms with van der Waals surface area (Å²) in [5, 5.41) is 0. The van der Waals surface area contributed by atoms with Gasteiger partial charge in [0.25, 0.3) is 5.91 Å². The molecule has 0 aromatic carbocycles. The van der Waals surface area contributed by atoms with E-state index in [0.29, 0.717) is 50.6 Å². The predicted molar refractivity (Wildman–Crippen MR) is 96.1 cm³/mol. The Labute approximate surface area is 154 Å². The van der Waals surface area contributed by atoms with Crippen molar-refractivity contribution in [3.8, 4) is 5.88 Å². The van der Waals surface area contributed by atoms with E-state index in [1.54, 1.807) is 30.3 Å². The molecule has 2 saturated heterocycles. The first-order valence-electron chi connectivity index (χ1n) is 9.32. The summed E-state index contributed by atoms with van der Waals surface area (Å²) >= 11 is 0. The molecule has 2 fully saturated rings. The molecule has 142 valence electrons. The summed E-state index contributed by atoms with van der Waals surface area (Å²) in [5.74, 6) is 0.219. The summed E-state index contributed by atoms with van der Waals surface area (Å²) in [6.07, 6.45) is 4.76. The number of likely N-dealkylation sites (tertiary alicyclic amines) is 2. The zero-order valence-electron chi connectivity index (χ0n) is 15.6. The molecule has 1 unspecified atom stereocenters. The summed E-state index contributed by atoms with van der Waals surface area (Å²) in [7, 11) is 1.63. The monoisotopic (exact) mass is 361 g/mol. The molecule has 26 heavy (non-hydrogen) atoms. The van der Waals surface area contributed by atoms with Crippen molar-refractivity contribution >= 4 is 11.8 Å². The number of aromatic nitrogens is 1. The van der Waals surface area contributed by atoms with E-state index < -0.39 is 5.54 Å². The fourth-order valence-electron chi connectivity index (χ4n) is 4.09. The Balaban J connectivity index is 1.87. The van der Waals surface area contributed by atoms with Crippen molar-refractivity contribution in [2.75, 3.05) is 40.0 Å². The van der Waals surface area contributed by atoms with Crippen LogP contribution in [0, 0.1) is 0 Å². The molecular weight excluding hydrogens is 334 g/mol. The lowest BCUT2D eigenvalue weighted by molar-refractivity contribution is -0.146. The van der Waals surface area contributed by atoms with Crippen LogP contribution in [0.25, 0.3) is 0 Å². The molecule has 7 heteroatoms. The van der Waals surface area contributed by atoms with Gasteiger partial charge in [-0.3, -0.25) is 9.59 Å². The summed E-state index contributed by atoms with van der Waals surface area (Å²) in [6, 6.07) is 3.45. The molecule has 7 nitrogen and oxygen atoms in total. The second-order valence-electron chi connectivity index (χ2n) is 6.77. The average Bonchev–Trinajstić information content (AvgIpc) is 3.08. The fraction of sp³-hybridized carbons (Fsp3) is 0.632. The Morgan fingerprint density at radius 3 is 2.81 bits per heavy atom. The molecule has 1 atom stereocenters. The van der Waals surface area contributed by atoms with Gasteiger partial charge in [0.15, 0.2) is 0 Å². The normalized spacial score (nSPS) is 22.9. The minimum atomic E-state index is -0.734. The van der Waals surface area contributed by atoms with Crippen LogP contribution < -0.4 is 4.74 Å². The van der Waals surface area contributed by atoms with Crippen molar-refractivity contribution in [3.63, 3.8) is 0 Å². The lowest BCUT2D eigenvalue weighted by Gasteiger charge is -2.44. The van der Waals surface area contributed by atoms with Gasteiger partial charge in [-0.05, 0) is 44.7 Å². The van der Waals surface area contributed by atoms with Crippen molar-refractivity contribution in [3.05, 3.63) is 23.9 Å². The number of rotatable bonds is 6. The van der Waals surface area contributed by atoms with Gasteiger partial charge in [-0.15, -0.1) is 0 Å². The van der Waals surface area contributed by atoms with E-state index in [1.165, 1.54) is 0 Å². The van der Waals surface area contributed by atoms with Crippen LogP contribution in [0.3, 0.4) is 0 Å².